The third-order valence-electron chi connectivity index (χ3n) is 1.48. The second-order valence-electron chi connectivity index (χ2n) is 3.62. The molecule has 1 rings (SSSR count). The largest absolute Gasteiger partial charge is 0.433 e. The summed E-state index contributed by atoms with van der Waals surface area (Å²) in [5, 5.41) is 0.229. The van der Waals surface area contributed by atoms with Crippen molar-refractivity contribution in [3.05, 3.63) is 16.8 Å². The molecule has 11 heavy (non-hydrogen) atoms. The SMILES string of the molecule is Cc1oc(Cl)nc1C(C)(C)C. The topological polar surface area (TPSA) is 26.0 Å². The highest BCUT2D eigenvalue weighted by Gasteiger charge is 2.21. The first-order valence-electron chi connectivity index (χ1n) is 3.54. The Morgan fingerprint density at radius 3 is 2.09 bits per heavy atom. The average molecular weight is 174 g/mol. The van der Waals surface area contributed by atoms with Gasteiger partial charge in [-0.05, 0) is 18.5 Å². The van der Waals surface area contributed by atoms with E-state index in [1.807, 2.05) is 6.92 Å². The Morgan fingerprint density at radius 2 is 1.91 bits per heavy atom. The molecule has 0 fully saturated rings. The van der Waals surface area contributed by atoms with E-state index in [0.29, 0.717) is 0 Å². The van der Waals surface area contributed by atoms with Gasteiger partial charge < -0.3 is 4.42 Å². The monoisotopic (exact) mass is 173 g/mol. The van der Waals surface area contributed by atoms with E-state index in [1.54, 1.807) is 0 Å². The van der Waals surface area contributed by atoms with Crippen LogP contribution in [0, 0.1) is 6.92 Å². The molecule has 1 aromatic rings. The molecule has 0 radical (unpaired) electrons. The molecule has 3 heteroatoms. The van der Waals surface area contributed by atoms with E-state index in [1.165, 1.54) is 0 Å². The fourth-order valence-corrected chi connectivity index (χ4v) is 1.26. The molecule has 0 saturated heterocycles. The highest BCUT2D eigenvalue weighted by molar-refractivity contribution is 6.27. The van der Waals surface area contributed by atoms with Crippen LogP contribution in [0.4, 0.5) is 0 Å². The van der Waals surface area contributed by atoms with Gasteiger partial charge in [-0.2, -0.15) is 0 Å². The number of oxazole rings is 1. The zero-order chi connectivity index (χ0) is 8.65. The van der Waals surface area contributed by atoms with Crippen molar-refractivity contribution in [2.75, 3.05) is 0 Å². The van der Waals surface area contributed by atoms with E-state index >= 15 is 0 Å². The smallest absolute Gasteiger partial charge is 0.292 e. The van der Waals surface area contributed by atoms with Crippen LogP contribution in [0.15, 0.2) is 4.42 Å². The van der Waals surface area contributed by atoms with Crippen molar-refractivity contribution in [2.24, 2.45) is 0 Å². The summed E-state index contributed by atoms with van der Waals surface area (Å²) >= 11 is 5.59. The maximum Gasteiger partial charge on any atom is 0.292 e. The van der Waals surface area contributed by atoms with E-state index < -0.39 is 0 Å². The molecule has 0 atom stereocenters. The molecule has 62 valence electrons. The molecule has 0 bridgehead atoms. The lowest BCUT2D eigenvalue weighted by Gasteiger charge is -2.14. The number of aryl methyl sites for hydroxylation is 1. The Balaban J connectivity index is 3.13. The third-order valence-corrected chi connectivity index (χ3v) is 1.64. The van der Waals surface area contributed by atoms with Gasteiger partial charge in [0.05, 0.1) is 5.69 Å². The molecule has 1 heterocycles. The van der Waals surface area contributed by atoms with Crippen molar-refractivity contribution >= 4 is 11.6 Å². The van der Waals surface area contributed by atoms with Gasteiger partial charge in [0.25, 0.3) is 5.35 Å². The van der Waals surface area contributed by atoms with E-state index in [9.17, 15) is 0 Å². The van der Waals surface area contributed by atoms with E-state index in [2.05, 4.69) is 25.8 Å². The van der Waals surface area contributed by atoms with Gasteiger partial charge in [-0.3, -0.25) is 0 Å². The molecule has 2 nitrogen and oxygen atoms in total. The maximum atomic E-state index is 5.59. The molecular formula is C8H12ClNO. The summed E-state index contributed by atoms with van der Waals surface area (Å²) in [6, 6.07) is 0. The van der Waals surface area contributed by atoms with Gasteiger partial charge in [0.15, 0.2) is 0 Å². The Hall–Kier alpha value is -0.500. The highest BCUT2D eigenvalue weighted by Crippen LogP contribution is 2.26. The van der Waals surface area contributed by atoms with Gasteiger partial charge in [-0.25, -0.2) is 4.98 Å². The summed E-state index contributed by atoms with van der Waals surface area (Å²) in [6.07, 6.45) is 0. The van der Waals surface area contributed by atoms with Crippen molar-refractivity contribution in [2.45, 2.75) is 33.1 Å². The molecule has 1 aromatic heterocycles. The van der Waals surface area contributed by atoms with Gasteiger partial charge >= 0.3 is 0 Å². The molecule has 0 spiro atoms. The van der Waals surface area contributed by atoms with E-state index in [-0.39, 0.29) is 10.8 Å². The second-order valence-corrected chi connectivity index (χ2v) is 3.94. The molecule has 0 aliphatic rings. The highest BCUT2D eigenvalue weighted by atomic mass is 35.5. The summed E-state index contributed by atoms with van der Waals surface area (Å²) < 4.78 is 5.10. The van der Waals surface area contributed by atoms with Gasteiger partial charge in [-0.1, -0.05) is 20.8 Å². The number of hydrogen-bond donors (Lipinski definition) is 0. The number of halogens is 1. The minimum absolute atomic E-state index is 0.0146. The van der Waals surface area contributed by atoms with Crippen LogP contribution >= 0.6 is 11.6 Å². The van der Waals surface area contributed by atoms with Crippen LogP contribution < -0.4 is 0 Å². The number of nitrogens with zero attached hydrogens (tertiary/aromatic N) is 1. The summed E-state index contributed by atoms with van der Waals surface area (Å²) in [5.74, 6) is 0.808. The van der Waals surface area contributed by atoms with Gasteiger partial charge in [0, 0.05) is 5.41 Å². The number of aromatic nitrogens is 1. The summed E-state index contributed by atoms with van der Waals surface area (Å²) in [6.45, 7) is 8.11. The van der Waals surface area contributed by atoms with Crippen LogP contribution in [-0.4, -0.2) is 4.98 Å². The minimum atomic E-state index is 0.0146. The summed E-state index contributed by atoms with van der Waals surface area (Å²) in [5.41, 5.74) is 0.947. The van der Waals surface area contributed by atoms with Crippen molar-refractivity contribution in [1.29, 1.82) is 0 Å². The fourth-order valence-electron chi connectivity index (χ4n) is 1.06. The molecule has 0 aromatic carbocycles. The Morgan fingerprint density at radius 1 is 1.36 bits per heavy atom. The Labute approximate surface area is 71.6 Å². The first-order chi connectivity index (χ1) is 4.91. The Bertz CT molecular complexity index is 260. The lowest BCUT2D eigenvalue weighted by atomic mass is 9.91. The van der Waals surface area contributed by atoms with Crippen molar-refractivity contribution < 1.29 is 4.42 Å². The summed E-state index contributed by atoms with van der Waals surface area (Å²) in [4.78, 5) is 4.08. The zero-order valence-electron chi connectivity index (χ0n) is 7.23. The van der Waals surface area contributed by atoms with Crippen molar-refractivity contribution in [3.8, 4) is 0 Å². The lowest BCUT2D eigenvalue weighted by molar-refractivity contribution is 0.508. The molecule has 0 amide bonds. The molecular weight excluding hydrogens is 162 g/mol. The van der Waals surface area contributed by atoms with Gasteiger partial charge in [0.2, 0.25) is 0 Å². The van der Waals surface area contributed by atoms with Crippen molar-refractivity contribution in [1.82, 2.24) is 4.98 Å². The van der Waals surface area contributed by atoms with Gasteiger partial charge in [0.1, 0.15) is 5.76 Å². The first kappa shape index (κ1) is 8.60. The van der Waals surface area contributed by atoms with E-state index in [4.69, 9.17) is 16.0 Å². The number of rotatable bonds is 0. The van der Waals surface area contributed by atoms with Gasteiger partial charge in [-0.15, -0.1) is 0 Å². The predicted octanol–water partition coefficient (Wildman–Crippen LogP) is 2.93. The fraction of sp³-hybridized carbons (Fsp3) is 0.625. The summed E-state index contributed by atoms with van der Waals surface area (Å²) in [7, 11) is 0. The minimum Gasteiger partial charge on any atom is -0.433 e. The second kappa shape index (κ2) is 2.52. The molecule has 0 saturated carbocycles. The first-order valence-corrected chi connectivity index (χ1v) is 3.92. The average Bonchev–Trinajstić information content (AvgIpc) is 2.08. The predicted molar refractivity (Wildman–Crippen MR) is 45.0 cm³/mol. The molecule has 0 aliphatic carbocycles. The molecule has 0 aliphatic heterocycles. The standard InChI is InChI=1S/C8H12ClNO/c1-5-6(8(2,3)4)10-7(9)11-5/h1-4H3. The zero-order valence-corrected chi connectivity index (χ0v) is 7.99. The van der Waals surface area contributed by atoms with Crippen molar-refractivity contribution in [3.63, 3.8) is 0 Å². The van der Waals surface area contributed by atoms with Crippen LogP contribution in [0.25, 0.3) is 0 Å². The number of hydrogen-bond acceptors (Lipinski definition) is 2. The molecule has 0 N–H and O–H groups in total. The lowest BCUT2D eigenvalue weighted by Crippen LogP contribution is -2.12. The van der Waals surface area contributed by atoms with Crippen LogP contribution in [0.1, 0.15) is 32.2 Å². The Kier molecular flexibility index (Phi) is 1.97. The quantitative estimate of drug-likeness (QED) is 0.603. The normalized spacial score (nSPS) is 12.1. The molecule has 0 unspecified atom stereocenters. The van der Waals surface area contributed by atoms with Crippen LogP contribution in [-0.2, 0) is 5.41 Å². The van der Waals surface area contributed by atoms with Crippen LogP contribution in [0.3, 0.4) is 0 Å². The van der Waals surface area contributed by atoms with Crippen LogP contribution in [0.2, 0.25) is 5.35 Å². The third kappa shape index (κ3) is 1.74. The van der Waals surface area contributed by atoms with E-state index in [0.717, 1.165) is 11.5 Å². The maximum absolute atomic E-state index is 5.59. The van der Waals surface area contributed by atoms with Crippen LogP contribution in [0.5, 0.6) is 0 Å².